The van der Waals surface area contributed by atoms with Crippen LogP contribution in [0.2, 0.25) is 0 Å². The van der Waals surface area contributed by atoms with Crippen molar-refractivity contribution in [1.82, 2.24) is 0 Å². The monoisotopic (exact) mass is 346 g/mol. The Hall–Kier alpha value is -1.36. The molecule has 23 heavy (non-hydrogen) atoms. The number of carbonyl (C=O) groups is 1. The number of hydrogen-bond donors (Lipinski definition) is 0. The Balaban J connectivity index is 4.94. The van der Waals surface area contributed by atoms with E-state index in [1.807, 2.05) is 12.2 Å². The molecule has 0 heterocycles. The Kier molecular flexibility index (Phi) is 12.3. The van der Waals surface area contributed by atoms with Crippen molar-refractivity contribution in [2.75, 3.05) is 19.8 Å². The maximum atomic E-state index is 12.4. The molecule has 0 aliphatic rings. The van der Waals surface area contributed by atoms with E-state index in [2.05, 4.69) is 6.58 Å². The fourth-order valence-electron chi connectivity index (χ4n) is 1.60. The highest BCUT2D eigenvalue weighted by Gasteiger charge is 2.28. The number of phosphoric acid groups is 1. The van der Waals surface area contributed by atoms with E-state index >= 15 is 0 Å². The van der Waals surface area contributed by atoms with E-state index in [0.717, 1.165) is 6.42 Å². The summed E-state index contributed by atoms with van der Waals surface area (Å²) in [4.78, 5) is 11.6. The highest BCUT2D eigenvalue weighted by Crippen LogP contribution is 2.51. The molecule has 0 atom stereocenters. The smallest absolute Gasteiger partial charge is 0.463 e. The number of hydrogen-bond acceptors (Lipinski definition) is 6. The molecule has 0 aromatic heterocycles. The lowest BCUT2D eigenvalue weighted by Gasteiger charge is -2.19. The van der Waals surface area contributed by atoms with E-state index in [1.165, 1.54) is 6.08 Å². The standard InChI is InChI=1S/C16H27O6P/c1-5-9-10-11-12-13-15(14-16(17)19-6-2)22-23(18,20-7-3)21-8-4/h5,9-10,14H,1,6-8,11-13H2,2-4H3/b10-9-,15-14-. The molecule has 0 N–H and O–H groups in total. The summed E-state index contributed by atoms with van der Waals surface area (Å²) in [6.45, 7) is 9.26. The number of rotatable bonds is 13. The first-order valence-corrected chi connectivity index (χ1v) is 9.20. The first-order chi connectivity index (χ1) is 11.0. The zero-order valence-electron chi connectivity index (χ0n) is 14.2. The molecule has 0 aromatic carbocycles. The Labute approximate surface area is 138 Å². The van der Waals surface area contributed by atoms with Gasteiger partial charge in [0.05, 0.1) is 25.9 Å². The summed E-state index contributed by atoms with van der Waals surface area (Å²) in [5, 5.41) is 0. The van der Waals surface area contributed by atoms with Gasteiger partial charge in [-0.05, 0) is 33.6 Å². The molecule has 6 nitrogen and oxygen atoms in total. The number of unbranched alkanes of at least 4 members (excludes halogenated alkanes) is 1. The fraction of sp³-hybridized carbons (Fsp3) is 0.562. The van der Waals surface area contributed by atoms with Crippen LogP contribution in [0.5, 0.6) is 0 Å². The Morgan fingerprint density at radius 2 is 1.78 bits per heavy atom. The molecule has 0 spiro atoms. The highest BCUT2D eigenvalue weighted by molar-refractivity contribution is 7.48. The van der Waals surface area contributed by atoms with Crippen LogP contribution in [-0.4, -0.2) is 25.8 Å². The van der Waals surface area contributed by atoms with Gasteiger partial charge in [0.1, 0.15) is 5.76 Å². The third kappa shape index (κ3) is 10.9. The number of ether oxygens (including phenoxy) is 1. The minimum absolute atomic E-state index is 0.173. The van der Waals surface area contributed by atoms with E-state index in [4.69, 9.17) is 18.3 Å². The molecular weight excluding hydrogens is 319 g/mol. The van der Waals surface area contributed by atoms with Crippen LogP contribution in [0, 0.1) is 0 Å². The zero-order chi connectivity index (χ0) is 17.6. The predicted octanol–water partition coefficient (Wildman–Crippen LogP) is 4.54. The summed E-state index contributed by atoms with van der Waals surface area (Å²) in [6.07, 6.45) is 8.53. The van der Waals surface area contributed by atoms with Crippen LogP contribution < -0.4 is 0 Å². The molecule has 0 radical (unpaired) electrons. The zero-order valence-corrected chi connectivity index (χ0v) is 15.1. The SMILES string of the molecule is C=C/C=C\CCC/C(=C/C(=O)OCC)OP(=O)(OCC)OCC. The van der Waals surface area contributed by atoms with Gasteiger partial charge in [0.25, 0.3) is 0 Å². The maximum Gasteiger partial charge on any atom is 0.529 e. The Morgan fingerprint density at radius 3 is 2.30 bits per heavy atom. The number of allylic oxidation sites excluding steroid dienone is 4. The number of esters is 1. The van der Waals surface area contributed by atoms with Crippen molar-refractivity contribution in [2.24, 2.45) is 0 Å². The number of carbonyl (C=O) groups excluding carboxylic acids is 1. The second-order valence-electron chi connectivity index (χ2n) is 4.29. The largest absolute Gasteiger partial charge is 0.529 e. The molecule has 0 amide bonds. The van der Waals surface area contributed by atoms with Crippen molar-refractivity contribution >= 4 is 13.8 Å². The van der Waals surface area contributed by atoms with Crippen LogP contribution in [0.4, 0.5) is 0 Å². The summed E-state index contributed by atoms with van der Waals surface area (Å²) in [5.41, 5.74) is 0. The van der Waals surface area contributed by atoms with Gasteiger partial charge in [-0.25, -0.2) is 9.36 Å². The third-order valence-corrected chi connectivity index (χ3v) is 4.04. The van der Waals surface area contributed by atoms with Gasteiger partial charge in [-0.3, -0.25) is 9.05 Å². The quantitative estimate of drug-likeness (QED) is 0.122. The van der Waals surface area contributed by atoms with Gasteiger partial charge in [-0.15, -0.1) is 0 Å². The van der Waals surface area contributed by atoms with Crippen LogP contribution in [0.1, 0.15) is 40.0 Å². The Bertz CT molecular complexity index is 445. The highest BCUT2D eigenvalue weighted by atomic mass is 31.2. The van der Waals surface area contributed by atoms with Crippen molar-refractivity contribution in [3.63, 3.8) is 0 Å². The molecule has 0 aliphatic heterocycles. The van der Waals surface area contributed by atoms with Gasteiger partial charge < -0.3 is 9.26 Å². The second kappa shape index (κ2) is 13.1. The summed E-state index contributed by atoms with van der Waals surface area (Å²) in [7, 11) is -3.72. The van der Waals surface area contributed by atoms with E-state index in [9.17, 15) is 9.36 Å². The van der Waals surface area contributed by atoms with Crippen molar-refractivity contribution in [3.05, 3.63) is 36.6 Å². The summed E-state index contributed by atoms with van der Waals surface area (Å²) >= 11 is 0. The van der Waals surface area contributed by atoms with E-state index in [1.54, 1.807) is 26.8 Å². The summed E-state index contributed by atoms with van der Waals surface area (Å²) in [6, 6.07) is 0. The second-order valence-corrected chi connectivity index (χ2v) is 5.89. The Morgan fingerprint density at radius 1 is 1.13 bits per heavy atom. The maximum absolute atomic E-state index is 12.4. The van der Waals surface area contributed by atoms with Crippen LogP contribution in [0.25, 0.3) is 0 Å². The average molecular weight is 346 g/mol. The molecule has 0 aliphatic carbocycles. The first-order valence-electron chi connectivity index (χ1n) is 7.74. The number of phosphoric ester groups is 1. The molecule has 132 valence electrons. The molecule has 0 saturated heterocycles. The molecule has 0 fully saturated rings. The molecule has 0 rings (SSSR count). The van der Waals surface area contributed by atoms with Crippen molar-refractivity contribution in [2.45, 2.75) is 40.0 Å². The van der Waals surface area contributed by atoms with Crippen LogP contribution in [0.15, 0.2) is 36.6 Å². The summed E-state index contributed by atoms with van der Waals surface area (Å²) < 4.78 is 32.8. The van der Waals surface area contributed by atoms with Gasteiger partial charge in [-0.2, -0.15) is 0 Å². The lowest BCUT2D eigenvalue weighted by atomic mass is 10.2. The van der Waals surface area contributed by atoms with E-state index < -0.39 is 13.8 Å². The minimum atomic E-state index is -3.72. The van der Waals surface area contributed by atoms with Crippen molar-refractivity contribution in [1.29, 1.82) is 0 Å². The van der Waals surface area contributed by atoms with Crippen LogP contribution in [0.3, 0.4) is 0 Å². The topological polar surface area (TPSA) is 71.1 Å². The third-order valence-electron chi connectivity index (χ3n) is 2.44. The van der Waals surface area contributed by atoms with Crippen LogP contribution >= 0.6 is 7.82 Å². The van der Waals surface area contributed by atoms with Crippen molar-refractivity contribution in [3.8, 4) is 0 Å². The van der Waals surface area contributed by atoms with Gasteiger partial charge in [-0.1, -0.05) is 24.8 Å². The van der Waals surface area contributed by atoms with Gasteiger partial charge in [0.15, 0.2) is 0 Å². The molecule has 0 aromatic rings. The molecular formula is C16H27O6P. The fourth-order valence-corrected chi connectivity index (χ4v) is 2.84. The van der Waals surface area contributed by atoms with Crippen molar-refractivity contribution < 1.29 is 27.7 Å². The lowest BCUT2D eigenvalue weighted by molar-refractivity contribution is -0.137. The van der Waals surface area contributed by atoms with Gasteiger partial charge >= 0.3 is 13.8 Å². The molecule has 0 saturated carbocycles. The summed E-state index contributed by atoms with van der Waals surface area (Å²) in [5.74, 6) is -0.329. The average Bonchev–Trinajstić information content (AvgIpc) is 2.47. The molecule has 0 unspecified atom stereocenters. The van der Waals surface area contributed by atoms with E-state index in [0.29, 0.717) is 12.8 Å². The van der Waals surface area contributed by atoms with Crippen LogP contribution in [-0.2, 0) is 27.7 Å². The lowest BCUT2D eigenvalue weighted by Crippen LogP contribution is -2.05. The van der Waals surface area contributed by atoms with Gasteiger partial charge in [0, 0.05) is 6.42 Å². The normalized spacial score (nSPS) is 12.4. The predicted molar refractivity (Wildman–Crippen MR) is 89.8 cm³/mol. The first kappa shape index (κ1) is 21.6. The van der Waals surface area contributed by atoms with Gasteiger partial charge in [0.2, 0.25) is 0 Å². The molecule has 7 heteroatoms. The molecule has 0 bridgehead atoms. The minimum Gasteiger partial charge on any atom is -0.463 e. The van der Waals surface area contributed by atoms with E-state index in [-0.39, 0.29) is 25.6 Å².